The van der Waals surface area contributed by atoms with Crippen LogP contribution in [0.25, 0.3) is 11.0 Å². The highest BCUT2D eigenvalue weighted by Gasteiger charge is 2.24. The van der Waals surface area contributed by atoms with Gasteiger partial charge in [-0.25, -0.2) is 13.4 Å². The number of hydrogen-bond donors (Lipinski definition) is 1. The Bertz CT molecular complexity index is 1140. The zero-order chi connectivity index (χ0) is 21.1. The zero-order valence-corrected chi connectivity index (χ0v) is 17.5. The Labute approximate surface area is 174 Å². The quantitative estimate of drug-likeness (QED) is 0.561. The van der Waals surface area contributed by atoms with E-state index in [1.165, 1.54) is 4.68 Å². The maximum atomic E-state index is 11.7. The number of aromatic nitrogens is 5. The van der Waals surface area contributed by atoms with Gasteiger partial charge in [-0.3, -0.25) is 9.48 Å². The fraction of sp³-hybridized carbons (Fsp3) is 0.474. The summed E-state index contributed by atoms with van der Waals surface area (Å²) in [6, 6.07) is 1.95. The van der Waals surface area contributed by atoms with Gasteiger partial charge < -0.3 is 14.6 Å². The SMILES string of the molecule is CCOC(=O)Cn1cc(Nc2ncc3ccn(CC4CCS(=O)(=O)CC4)c3n2)cn1. The van der Waals surface area contributed by atoms with Crippen molar-refractivity contribution in [2.45, 2.75) is 32.9 Å². The fourth-order valence-electron chi connectivity index (χ4n) is 3.56. The number of esters is 1. The molecule has 1 saturated heterocycles. The summed E-state index contributed by atoms with van der Waals surface area (Å²) >= 11 is 0. The minimum absolute atomic E-state index is 0.0371. The Balaban J connectivity index is 1.45. The van der Waals surface area contributed by atoms with Crippen LogP contribution in [-0.4, -0.2) is 56.8 Å². The van der Waals surface area contributed by atoms with Gasteiger partial charge in [-0.05, 0) is 31.7 Å². The minimum atomic E-state index is -2.87. The van der Waals surface area contributed by atoms with Crippen molar-refractivity contribution in [1.82, 2.24) is 24.3 Å². The van der Waals surface area contributed by atoms with E-state index in [-0.39, 0.29) is 24.0 Å². The van der Waals surface area contributed by atoms with Gasteiger partial charge in [-0.2, -0.15) is 10.1 Å². The third-order valence-electron chi connectivity index (χ3n) is 5.12. The summed E-state index contributed by atoms with van der Waals surface area (Å²) < 4.78 is 31.8. The van der Waals surface area contributed by atoms with Gasteiger partial charge in [0.2, 0.25) is 5.95 Å². The number of sulfone groups is 1. The van der Waals surface area contributed by atoms with E-state index in [1.807, 2.05) is 12.3 Å². The van der Waals surface area contributed by atoms with Crippen molar-refractivity contribution in [2.24, 2.45) is 5.92 Å². The molecule has 0 saturated carbocycles. The van der Waals surface area contributed by atoms with Crippen molar-refractivity contribution in [1.29, 1.82) is 0 Å². The number of ether oxygens (including phenoxy) is 1. The summed E-state index contributed by atoms with van der Waals surface area (Å²) in [4.78, 5) is 20.5. The van der Waals surface area contributed by atoms with E-state index < -0.39 is 9.84 Å². The van der Waals surface area contributed by atoms with Crippen molar-refractivity contribution in [3.8, 4) is 0 Å². The van der Waals surface area contributed by atoms with E-state index in [2.05, 4.69) is 25.0 Å². The van der Waals surface area contributed by atoms with E-state index in [1.54, 1.807) is 25.5 Å². The van der Waals surface area contributed by atoms with Gasteiger partial charge in [0.05, 0.1) is 30.0 Å². The number of nitrogens with one attached hydrogen (secondary N) is 1. The van der Waals surface area contributed by atoms with E-state index in [0.29, 0.717) is 37.0 Å². The second-order valence-electron chi connectivity index (χ2n) is 7.39. The lowest BCUT2D eigenvalue weighted by Gasteiger charge is -2.22. The molecular weight excluding hydrogens is 408 g/mol. The Morgan fingerprint density at radius 1 is 1.30 bits per heavy atom. The number of rotatable bonds is 7. The van der Waals surface area contributed by atoms with Gasteiger partial charge in [0.25, 0.3) is 0 Å². The van der Waals surface area contributed by atoms with Crippen molar-refractivity contribution in [3.63, 3.8) is 0 Å². The molecule has 0 radical (unpaired) electrons. The van der Waals surface area contributed by atoms with Crippen molar-refractivity contribution in [2.75, 3.05) is 23.4 Å². The highest BCUT2D eigenvalue weighted by molar-refractivity contribution is 7.91. The third-order valence-corrected chi connectivity index (χ3v) is 6.83. The van der Waals surface area contributed by atoms with Crippen LogP contribution < -0.4 is 5.32 Å². The van der Waals surface area contributed by atoms with Gasteiger partial charge in [0.15, 0.2) is 0 Å². The maximum absolute atomic E-state index is 11.7. The van der Waals surface area contributed by atoms with Gasteiger partial charge >= 0.3 is 5.97 Å². The molecule has 0 amide bonds. The van der Waals surface area contributed by atoms with E-state index in [0.717, 1.165) is 17.6 Å². The smallest absolute Gasteiger partial charge is 0.327 e. The average Bonchev–Trinajstić information content (AvgIpc) is 3.30. The van der Waals surface area contributed by atoms with Crippen molar-refractivity contribution < 1.29 is 17.9 Å². The molecular formula is C19H24N6O4S. The molecule has 4 rings (SSSR count). The zero-order valence-electron chi connectivity index (χ0n) is 16.7. The van der Waals surface area contributed by atoms with Crippen molar-refractivity contribution in [3.05, 3.63) is 30.9 Å². The van der Waals surface area contributed by atoms with Crippen LogP contribution >= 0.6 is 0 Å². The second-order valence-corrected chi connectivity index (χ2v) is 9.70. The average molecular weight is 433 g/mol. The summed E-state index contributed by atoms with van der Waals surface area (Å²) in [5.41, 5.74) is 1.45. The normalized spacial score (nSPS) is 16.6. The largest absolute Gasteiger partial charge is 0.465 e. The molecule has 11 heteroatoms. The van der Waals surface area contributed by atoms with Gasteiger partial charge in [-0.1, -0.05) is 0 Å². The van der Waals surface area contributed by atoms with Gasteiger partial charge in [0.1, 0.15) is 22.0 Å². The second kappa shape index (κ2) is 8.42. The number of anilines is 2. The highest BCUT2D eigenvalue weighted by Crippen LogP contribution is 2.24. The molecule has 4 heterocycles. The van der Waals surface area contributed by atoms with Gasteiger partial charge in [0, 0.05) is 30.5 Å². The lowest BCUT2D eigenvalue weighted by atomic mass is 10.0. The first-order valence-corrected chi connectivity index (χ1v) is 11.7. The van der Waals surface area contributed by atoms with E-state index in [4.69, 9.17) is 4.74 Å². The number of hydrogen-bond acceptors (Lipinski definition) is 8. The molecule has 1 fully saturated rings. The topological polar surface area (TPSA) is 121 Å². The van der Waals surface area contributed by atoms with Crippen molar-refractivity contribution >= 4 is 38.5 Å². The highest BCUT2D eigenvalue weighted by atomic mass is 32.2. The fourth-order valence-corrected chi connectivity index (χ4v) is 5.15. The Morgan fingerprint density at radius 2 is 2.10 bits per heavy atom. The molecule has 160 valence electrons. The van der Waals surface area contributed by atoms with Crippen LogP contribution in [0.5, 0.6) is 0 Å². The Kier molecular flexibility index (Phi) is 5.71. The molecule has 3 aromatic rings. The predicted octanol–water partition coefficient (Wildman–Crippen LogP) is 1.76. The first-order chi connectivity index (χ1) is 14.4. The monoisotopic (exact) mass is 432 g/mol. The van der Waals surface area contributed by atoms with Crippen LogP contribution in [0.3, 0.4) is 0 Å². The summed E-state index contributed by atoms with van der Waals surface area (Å²) in [6.45, 7) is 2.85. The molecule has 1 aliphatic heterocycles. The van der Waals surface area contributed by atoms with E-state index >= 15 is 0 Å². The molecule has 10 nitrogen and oxygen atoms in total. The minimum Gasteiger partial charge on any atom is -0.465 e. The van der Waals surface area contributed by atoms with Crippen LogP contribution in [0, 0.1) is 5.92 Å². The molecule has 3 aromatic heterocycles. The van der Waals surface area contributed by atoms with Crippen LogP contribution in [0.15, 0.2) is 30.9 Å². The third kappa shape index (κ3) is 4.78. The standard InChI is InChI=1S/C19H24N6O4S/c1-2-29-17(26)13-25-12-16(10-21-25)22-19-20-9-15-3-6-24(18(15)23-19)11-14-4-7-30(27,28)8-5-14/h3,6,9-10,12,14H,2,4-5,7-8,11,13H2,1H3,(H,20,22,23). The maximum Gasteiger partial charge on any atom is 0.327 e. The number of nitrogens with zero attached hydrogens (tertiary/aromatic N) is 5. The van der Waals surface area contributed by atoms with E-state index in [9.17, 15) is 13.2 Å². The number of carbonyl (C=O) groups is 1. The summed E-state index contributed by atoms with van der Waals surface area (Å²) in [5.74, 6) is 0.905. The number of carbonyl (C=O) groups excluding carboxylic acids is 1. The lowest BCUT2D eigenvalue weighted by Crippen LogP contribution is -2.26. The van der Waals surface area contributed by atoms with Gasteiger partial charge in [-0.15, -0.1) is 0 Å². The molecule has 30 heavy (non-hydrogen) atoms. The molecule has 0 spiro atoms. The first-order valence-electron chi connectivity index (χ1n) is 9.89. The molecule has 0 aliphatic carbocycles. The first kappa shape index (κ1) is 20.3. The predicted molar refractivity (Wildman–Crippen MR) is 111 cm³/mol. The molecule has 1 N–H and O–H groups in total. The Hall–Kier alpha value is -2.95. The van der Waals surface area contributed by atoms with Crippen LogP contribution in [0.2, 0.25) is 0 Å². The summed E-state index contributed by atoms with van der Waals surface area (Å²) in [7, 11) is -2.87. The lowest BCUT2D eigenvalue weighted by molar-refractivity contribution is -0.144. The summed E-state index contributed by atoms with van der Waals surface area (Å²) in [6.07, 6.45) is 8.34. The summed E-state index contributed by atoms with van der Waals surface area (Å²) in [5, 5.41) is 8.16. The molecule has 0 unspecified atom stereocenters. The molecule has 1 aliphatic rings. The van der Waals surface area contributed by atoms with Crippen LogP contribution in [0.4, 0.5) is 11.6 Å². The molecule has 0 atom stereocenters. The Morgan fingerprint density at radius 3 is 2.87 bits per heavy atom. The molecule has 0 bridgehead atoms. The van der Waals surface area contributed by atoms with Crippen LogP contribution in [-0.2, 0) is 32.5 Å². The molecule has 0 aromatic carbocycles. The van der Waals surface area contributed by atoms with Crippen LogP contribution in [0.1, 0.15) is 19.8 Å². The number of fused-ring (bicyclic) bond motifs is 1.